The molecule has 5 heteroatoms. The monoisotopic (exact) mass is 262 g/mol. The lowest BCUT2D eigenvalue weighted by atomic mass is 10.1. The van der Waals surface area contributed by atoms with E-state index in [0.717, 1.165) is 16.8 Å². The van der Waals surface area contributed by atoms with E-state index >= 15 is 0 Å². The van der Waals surface area contributed by atoms with E-state index < -0.39 is 0 Å². The molecule has 0 saturated carbocycles. The number of pyridine rings is 1. The average molecular weight is 262 g/mol. The van der Waals surface area contributed by atoms with Crippen LogP contribution in [0.1, 0.15) is 0 Å². The minimum absolute atomic E-state index is 0.148. The Hall–Kier alpha value is -2.95. The largest absolute Gasteiger partial charge is 0.322 e. The van der Waals surface area contributed by atoms with E-state index in [4.69, 9.17) is 0 Å². The molecule has 1 aliphatic carbocycles. The summed E-state index contributed by atoms with van der Waals surface area (Å²) in [4.78, 5) is 26.8. The van der Waals surface area contributed by atoms with Crippen molar-refractivity contribution in [3.8, 4) is 22.6 Å². The van der Waals surface area contributed by atoms with E-state index in [-0.39, 0.29) is 5.56 Å². The molecule has 0 unspecified atom stereocenters. The lowest BCUT2D eigenvalue weighted by Gasteiger charge is -1.94. The third kappa shape index (κ3) is 1.53. The van der Waals surface area contributed by atoms with E-state index in [1.54, 1.807) is 6.20 Å². The summed E-state index contributed by atoms with van der Waals surface area (Å²) < 4.78 is 0. The summed E-state index contributed by atoms with van der Waals surface area (Å²) in [5.41, 5.74) is 3.47. The first-order chi connectivity index (χ1) is 9.83. The van der Waals surface area contributed by atoms with Crippen LogP contribution >= 0.6 is 0 Å². The number of H-pyrrole nitrogens is 2. The van der Waals surface area contributed by atoms with Crippen molar-refractivity contribution < 1.29 is 0 Å². The van der Waals surface area contributed by atoms with Crippen molar-refractivity contribution in [2.75, 3.05) is 0 Å². The van der Waals surface area contributed by atoms with Gasteiger partial charge in [-0.3, -0.25) is 4.79 Å². The van der Waals surface area contributed by atoms with Crippen LogP contribution in [0.3, 0.4) is 0 Å². The molecule has 0 radical (unpaired) electrons. The maximum atomic E-state index is 12.2. The fourth-order valence-electron chi connectivity index (χ4n) is 2.38. The smallest absolute Gasteiger partial charge is 0.260 e. The molecular weight excluding hydrogens is 252 g/mol. The minimum Gasteiger partial charge on any atom is -0.322 e. The molecule has 2 N–H and O–H groups in total. The van der Waals surface area contributed by atoms with Crippen molar-refractivity contribution >= 4 is 11.2 Å². The van der Waals surface area contributed by atoms with Gasteiger partial charge in [0.1, 0.15) is 11.3 Å². The Morgan fingerprint density at radius 3 is 2.75 bits per heavy atom. The number of rotatable bonds is 1. The Kier molecular flexibility index (Phi) is 2.20. The summed E-state index contributed by atoms with van der Waals surface area (Å²) in [6.45, 7) is 0. The molecule has 2 aliphatic rings. The van der Waals surface area contributed by atoms with Gasteiger partial charge in [-0.05, 0) is 18.2 Å². The quantitative estimate of drug-likeness (QED) is 0.553. The van der Waals surface area contributed by atoms with Crippen molar-refractivity contribution in [3.63, 3.8) is 0 Å². The van der Waals surface area contributed by atoms with Gasteiger partial charge < -0.3 is 9.97 Å². The topological polar surface area (TPSA) is 74.4 Å². The number of imidazole rings is 1. The second-order valence-corrected chi connectivity index (χ2v) is 4.52. The third-order valence-electron chi connectivity index (χ3n) is 3.28. The molecule has 96 valence electrons. The average Bonchev–Trinajstić information content (AvgIpc) is 2.92. The lowest BCUT2D eigenvalue weighted by Crippen LogP contribution is -2.01. The molecule has 0 amide bonds. The molecule has 0 spiro atoms. The number of hydrogen-bond acceptors (Lipinski definition) is 3. The minimum atomic E-state index is -0.148. The first-order valence-corrected chi connectivity index (χ1v) is 6.25. The summed E-state index contributed by atoms with van der Waals surface area (Å²) in [5.74, 6) is 0.543. The Morgan fingerprint density at radius 1 is 0.950 bits per heavy atom. The predicted octanol–water partition coefficient (Wildman–Crippen LogP) is 2.42. The van der Waals surface area contributed by atoms with Gasteiger partial charge in [-0.25, -0.2) is 9.97 Å². The van der Waals surface area contributed by atoms with E-state index in [1.165, 1.54) is 0 Å². The highest BCUT2D eigenvalue weighted by Gasteiger charge is 2.18. The Bertz CT molecular complexity index is 905. The molecule has 2 aromatic heterocycles. The van der Waals surface area contributed by atoms with Gasteiger partial charge in [-0.1, -0.05) is 24.3 Å². The van der Waals surface area contributed by atoms with Gasteiger partial charge in [0, 0.05) is 17.5 Å². The molecule has 3 heterocycles. The van der Waals surface area contributed by atoms with E-state index in [9.17, 15) is 4.79 Å². The molecule has 0 fully saturated rings. The summed E-state index contributed by atoms with van der Waals surface area (Å²) in [6.07, 6.45) is 1.69. The van der Waals surface area contributed by atoms with E-state index in [0.29, 0.717) is 17.0 Å². The number of nitrogens with one attached hydrogen (secondary N) is 2. The van der Waals surface area contributed by atoms with Crippen LogP contribution in [-0.2, 0) is 0 Å². The normalized spacial score (nSPS) is 11.2. The van der Waals surface area contributed by atoms with Crippen molar-refractivity contribution in [3.05, 3.63) is 59.0 Å². The van der Waals surface area contributed by atoms with Gasteiger partial charge in [0.2, 0.25) is 0 Å². The summed E-state index contributed by atoms with van der Waals surface area (Å²) in [5, 5.41) is 0. The summed E-state index contributed by atoms with van der Waals surface area (Å²) >= 11 is 0. The fraction of sp³-hybridized carbons (Fsp3) is 0. The molecule has 20 heavy (non-hydrogen) atoms. The van der Waals surface area contributed by atoms with Crippen LogP contribution in [0.5, 0.6) is 0 Å². The second kappa shape index (κ2) is 4.03. The molecule has 0 aromatic carbocycles. The lowest BCUT2D eigenvalue weighted by molar-refractivity contribution is 1.27. The highest BCUT2D eigenvalue weighted by Crippen LogP contribution is 2.28. The van der Waals surface area contributed by atoms with E-state index in [2.05, 4.69) is 19.9 Å². The van der Waals surface area contributed by atoms with Crippen molar-refractivity contribution in [2.24, 2.45) is 0 Å². The molecule has 4 rings (SSSR count). The number of hydrogen-bond donors (Lipinski definition) is 2. The number of aromatic nitrogens is 4. The van der Waals surface area contributed by atoms with Gasteiger partial charge in [-0.15, -0.1) is 0 Å². The zero-order chi connectivity index (χ0) is 13.5. The van der Waals surface area contributed by atoms with Crippen LogP contribution < -0.4 is 5.56 Å². The van der Waals surface area contributed by atoms with Crippen molar-refractivity contribution in [1.29, 1.82) is 0 Å². The molecular formula is C15H10N4O. The maximum absolute atomic E-state index is 12.2. The van der Waals surface area contributed by atoms with Crippen LogP contribution in [0.15, 0.2) is 53.5 Å². The highest BCUT2D eigenvalue weighted by molar-refractivity contribution is 5.84. The van der Waals surface area contributed by atoms with Gasteiger partial charge in [-0.2, -0.15) is 0 Å². The molecule has 0 atom stereocenters. The molecule has 0 saturated heterocycles. The zero-order valence-corrected chi connectivity index (χ0v) is 10.4. The molecule has 1 aliphatic heterocycles. The third-order valence-corrected chi connectivity index (χ3v) is 3.28. The van der Waals surface area contributed by atoms with Gasteiger partial charge in [0.25, 0.3) is 5.56 Å². The fourth-order valence-corrected chi connectivity index (χ4v) is 2.38. The Labute approximate surface area is 113 Å². The van der Waals surface area contributed by atoms with Crippen molar-refractivity contribution in [2.45, 2.75) is 0 Å². The first-order valence-electron chi connectivity index (χ1n) is 6.25. The van der Waals surface area contributed by atoms with E-state index in [1.807, 2.05) is 42.5 Å². The molecule has 2 aromatic rings. The van der Waals surface area contributed by atoms with Crippen LogP contribution in [0.25, 0.3) is 33.8 Å². The molecule has 0 bridgehead atoms. The highest BCUT2D eigenvalue weighted by atomic mass is 16.1. The first kappa shape index (κ1) is 10.9. The number of fused-ring (bicyclic) bond motifs is 2. The SMILES string of the molecule is O=c1[nH]c2cccccc-2c1-c1nc2cccnc2[nH]1. The maximum Gasteiger partial charge on any atom is 0.260 e. The van der Waals surface area contributed by atoms with Crippen LogP contribution in [0.4, 0.5) is 0 Å². The van der Waals surface area contributed by atoms with Crippen LogP contribution in [0, 0.1) is 0 Å². The summed E-state index contributed by atoms with van der Waals surface area (Å²) in [6, 6.07) is 13.2. The van der Waals surface area contributed by atoms with Crippen LogP contribution in [-0.4, -0.2) is 19.9 Å². The van der Waals surface area contributed by atoms with Gasteiger partial charge in [0.15, 0.2) is 5.65 Å². The Balaban J connectivity index is 2.04. The zero-order valence-electron chi connectivity index (χ0n) is 10.4. The van der Waals surface area contributed by atoms with Gasteiger partial charge in [0.05, 0.1) is 5.56 Å². The molecule has 5 nitrogen and oxygen atoms in total. The van der Waals surface area contributed by atoms with Gasteiger partial charge >= 0.3 is 0 Å². The standard InChI is InChI=1S/C15H10N4O/c20-15-12(9-5-2-1-3-6-10(9)18-15)14-17-11-7-4-8-16-13(11)19-14/h1-8H,(H,18,20)(H,16,17,19). The predicted molar refractivity (Wildman–Crippen MR) is 76.6 cm³/mol. The van der Waals surface area contributed by atoms with Crippen LogP contribution in [0.2, 0.25) is 0 Å². The number of nitrogens with zero attached hydrogens (tertiary/aromatic N) is 2. The number of aromatic amines is 2. The van der Waals surface area contributed by atoms with Crippen molar-refractivity contribution in [1.82, 2.24) is 19.9 Å². The summed E-state index contributed by atoms with van der Waals surface area (Å²) in [7, 11) is 0. The Morgan fingerprint density at radius 2 is 1.85 bits per heavy atom. The second-order valence-electron chi connectivity index (χ2n) is 4.52.